The molecule has 2 fully saturated rings. The molecule has 2 amide bonds. The lowest BCUT2D eigenvalue weighted by Crippen LogP contribution is -2.56. The van der Waals surface area contributed by atoms with Gasteiger partial charge in [0.05, 0.1) is 0 Å². The summed E-state index contributed by atoms with van der Waals surface area (Å²) in [6.07, 6.45) is 6.96. The Labute approximate surface area is 216 Å². The molecule has 2 unspecified atom stereocenters. The fraction of sp³-hybridized carbons (Fsp3) is 0.621. The van der Waals surface area contributed by atoms with Crippen LogP contribution in [0, 0.1) is 24.7 Å². The Balaban J connectivity index is 1.53. The van der Waals surface area contributed by atoms with Crippen molar-refractivity contribution < 1.29 is 14.3 Å². The Morgan fingerprint density at radius 2 is 1.81 bits per heavy atom. The monoisotopic (exact) mass is 494 g/mol. The fourth-order valence-electron chi connectivity index (χ4n) is 6.01. The lowest BCUT2D eigenvalue weighted by molar-refractivity contribution is -0.131. The number of pyridine rings is 1. The molecule has 1 N–H and O–H groups in total. The van der Waals surface area contributed by atoms with Crippen LogP contribution in [0.15, 0.2) is 41.6 Å². The van der Waals surface area contributed by atoms with Crippen LogP contribution >= 0.6 is 0 Å². The van der Waals surface area contributed by atoms with Crippen LogP contribution in [0.2, 0.25) is 0 Å². The number of hydrogen-bond acceptors (Lipinski definition) is 5. The third kappa shape index (κ3) is 5.60. The molecule has 4 atom stereocenters. The van der Waals surface area contributed by atoms with Gasteiger partial charge in [-0.15, -0.1) is 0 Å². The van der Waals surface area contributed by atoms with Crippen molar-refractivity contribution in [2.75, 3.05) is 18.4 Å². The summed E-state index contributed by atoms with van der Waals surface area (Å²) in [5.74, 6) is 1.86. The molecule has 0 saturated carbocycles. The van der Waals surface area contributed by atoms with Crippen molar-refractivity contribution in [1.82, 2.24) is 14.8 Å². The van der Waals surface area contributed by atoms with Crippen molar-refractivity contribution in [3.05, 3.63) is 47.3 Å². The van der Waals surface area contributed by atoms with Gasteiger partial charge in [-0.25, -0.2) is 9.78 Å². The maximum Gasteiger partial charge on any atom is 0.410 e. The lowest BCUT2D eigenvalue weighted by atomic mass is 9.70. The molecule has 0 radical (unpaired) electrons. The van der Waals surface area contributed by atoms with Crippen LogP contribution < -0.4 is 5.32 Å². The molecule has 3 heterocycles. The quantitative estimate of drug-likeness (QED) is 0.598. The largest absolute Gasteiger partial charge is 0.444 e. The zero-order valence-corrected chi connectivity index (χ0v) is 22.9. The van der Waals surface area contributed by atoms with E-state index >= 15 is 0 Å². The number of aryl methyl sites for hydroxylation is 1. The van der Waals surface area contributed by atoms with Gasteiger partial charge in [0.25, 0.3) is 0 Å². The average molecular weight is 495 g/mol. The topological polar surface area (TPSA) is 74.8 Å². The number of ether oxygens (including phenoxy) is 1. The number of fused-ring (bicyclic) bond motifs is 1. The fourth-order valence-corrected chi connectivity index (χ4v) is 6.01. The number of hydrogen-bond donors (Lipinski definition) is 1. The minimum absolute atomic E-state index is 0.0966. The molecule has 196 valence electrons. The van der Waals surface area contributed by atoms with Crippen molar-refractivity contribution in [3.8, 4) is 0 Å². The molecule has 2 saturated heterocycles. The molecular weight excluding hydrogens is 452 g/mol. The van der Waals surface area contributed by atoms with Crippen molar-refractivity contribution in [2.45, 2.75) is 85.4 Å². The van der Waals surface area contributed by atoms with Gasteiger partial charge in [-0.2, -0.15) is 0 Å². The molecule has 7 heteroatoms. The standard InChI is InChI=1S/C29H42N4O3/c1-18-9-8-10-26(30-18)31-27-19(2)20(3)33(21(4)34)25-12-11-23(17-24(25)27)22-13-15-32(16-14-22)28(35)36-29(5,6)7/h8-12,19-20,22,24,27H,13-17H2,1-7H3,(H,30,31)/t19-,20-,24?,27?/m0/s1. The van der Waals surface area contributed by atoms with Crippen molar-refractivity contribution in [1.29, 1.82) is 0 Å². The van der Waals surface area contributed by atoms with E-state index in [-0.39, 0.29) is 35.9 Å². The number of piperidine rings is 2. The molecule has 1 aromatic rings. The average Bonchev–Trinajstić information content (AvgIpc) is 2.81. The second-order valence-corrected chi connectivity index (χ2v) is 11.7. The van der Waals surface area contributed by atoms with Crippen LogP contribution in [0.3, 0.4) is 0 Å². The Morgan fingerprint density at radius 1 is 1.11 bits per heavy atom. The molecule has 36 heavy (non-hydrogen) atoms. The number of aromatic nitrogens is 1. The zero-order chi connectivity index (χ0) is 26.2. The normalized spacial score (nSPS) is 27.1. The van der Waals surface area contributed by atoms with Crippen LogP contribution in [-0.2, 0) is 9.53 Å². The summed E-state index contributed by atoms with van der Waals surface area (Å²) in [4.78, 5) is 33.7. The predicted octanol–water partition coefficient (Wildman–Crippen LogP) is 5.53. The Bertz CT molecular complexity index is 1050. The van der Waals surface area contributed by atoms with E-state index in [0.717, 1.165) is 36.5 Å². The van der Waals surface area contributed by atoms with Crippen molar-refractivity contribution in [2.24, 2.45) is 17.8 Å². The molecule has 0 bridgehead atoms. The van der Waals surface area contributed by atoms with Crippen LogP contribution in [0.5, 0.6) is 0 Å². The SMILES string of the molecule is CC(=O)N1C2=CC=C(C3CCN(C(=O)OC(C)(C)C)CC3)CC2C(Nc2cccc(C)n2)[C@@H](C)[C@@H]1C. The number of nitrogens with zero attached hydrogens (tertiary/aromatic N) is 3. The van der Waals surface area contributed by atoms with Crippen LogP contribution in [0.4, 0.5) is 10.6 Å². The van der Waals surface area contributed by atoms with Gasteiger partial charge in [0.1, 0.15) is 11.4 Å². The van der Waals surface area contributed by atoms with E-state index in [0.29, 0.717) is 19.0 Å². The number of likely N-dealkylation sites (tertiary alicyclic amines) is 2. The van der Waals surface area contributed by atoms with E-state index in [1.54, 1.807) is 6.92 Å². The molecule has 1 aliphatic carbocycles. The van der Waals surface area contributed by atoms with Gasteiger partial charge in [0.2, 0.25) is 5.91 Å². The van der Waals surface area contributed by atoms with Gasteiger partial charge in [-0.3, -0.25) is 4.79 Å². The summed E-state index contributed by atoms with van der Waals surface area (Å²) in [5, 5.41) is 3.74. The van der Waals surface area contributed by atoms with Gasteiger partial charge in [0.15, 0.2) is 0 Å². The lowest BCUT2D eigenvalue weighted by Gasteiger charge is -2.50. The van der Waals surface area contributed by atoms with E-state index in [1.165, 1.54) is 5.57 Å². The zero-order valence-electron chi connectivity index (χ0n) is 22.9. The van der Waals surface area contributed by atoms with Crippen molar-refractivity contribution in [3.63, 3.8) is 0 Å². The minimum atomic E-state index is -0.480. The molecule has 0 aromatic carbocycles. The van der Waals surface area contributed by atoms with E-state index < -0.39 is 5.60 Å². The molecule has 2 aliphatic heterocycles. The number of carbonyl (C=O) groups excluding carboxylic acids is 2. The van der Waals surface area contributed by atoms with Gasteiger partial charge in [0, 0.05) is 49.4 Å². The third-order valence-electron chi connectivity index (χ3n) is 7.96. The molecular formula is C29H42N4O3. The summed E-state index contributed by atoms with van der Waals surface area (Å²) in [5.41, 5.74) is 3.03. The van der Waals surface area contributed by atoms with Gasteiger partial charge >= 0.3 is 6.09 Å². The van der Waals surface area contributed by atoms with Crippen molar-refractivity contribution >= 4 is 17.8 Å². The van der Waals surface area contributed by atoms with E-state index in [2.05, 4.69) is 31.3 Å². The second kappa shape index (κ2) is 10.3. The number of rotatable bonds is 3. The molecule has 7 nitrogen and oxygen atoms in total. The molecule has 3 aliphatic rings. The summed E-state index contributed by atoms with van der Waals surface area (Å²) >= 11 is 0. The smallest absolute Gasteiger partial charge is 0.410 e. The van der Waals surface area contributed by atoms with Gasteiger partial charge < -0.3 is 19.9 Å². The summed E-state index contributed by atoms with van der Waals surface area (Å²) < 4.78 is 5.57. The number of nitrogens with one attached hydrogen (secondary N) is 1. The minimum Gasteiger partial charge on any atom is -0.444 e. The first kappa shape index (κ1) is 26.2. The van der Waals surface area contributed by atoms with Crippen LogP contribution in [-0.4, -0.2) is 57.6 Å². The predicted molar refractivity (Wildman–Crippen MR) is 142 cm³/mol. The van der Waals surface area contributed by atoms with Gasteiger partial charge in [-0.1, -0.05) is 24.6 Å². The van der Waals surface area contributed by atoms with E-state index in [9.17, 15) is 9.59 Å². The number of anilines is 1. The van der Waals surface area contributed by atoms with Crippen LogP contribution in [0.25, 0.3) is 0 Å². The number of amides is 2. The first-order valence-electron chi connectivity index (χ1n) is 13.3. The summed E-state index contributed by atoms with van der Waals surface area (Å²) in [6, 6.07) is 6.33. The highest BCUT2D eigenvalue weighted by Gasteiger charge is 2.45. The summed E-state index contributed by atoms with van der Waals surface area (Å²) in [7, 11) is 0. The van der Waals surface area contributed by atoms with E-state index in [1.807, 2.05) is 55.7 Å². The second-order valence-electron chi connectivity index (χ2n) is 11.7. The van der Waals surface area contributed by atoms with E-state index in [4.69, 9.17) is 9.72 Å². The molecule has 1 aromatic heterocycles. The first-order valence-corrected chi connectivity index (χ1v) is 13.3. The number of allylic oxidation sites excluding steroid dienone is 3. The Kier molecular flexibility index (Phi) is 7.48. The number of carbonyl (C=O) groups is 2. The Morgan fingerprint density at radius 3 is 2.42 bits per heavy atom. The molecule has 0 spiro atoms. The highest BCUT2D eigenvalue weighted by atomic mass is 16.6. The Hall–Kier alpha value is -2.83. The van der Waals surface area contributed by atoms with Gasteiger partial charge in [-0.05, 0) is 83.9 Å². The highest BCUT2D eigenvalue weighted by Crippen LogP contribution is 2.44. The first-order chi connectivity index (χ1) is 16.9. The maximum atomic E-state index is 12.7. The maximum absolute atomic E-state index is 12.7. The molecule has 4 rings (SSSR count). The van der Waals surface area contributed by atoms with Crippen LogP contribution in [0.1, 0.15) is 66.5 Å². The highest BCUT2D eigenvalue weighted by molar-refractivity contribution is 5.76. The third-order valence-corrected chi connectivity index (χ3v) is 7.96. The summed E-state index contributed by atoms with van der Waals surface area (Å²) in [6.45, 7) is 15.2.